The van der Waals surface area contributed by atoms with E-state index in [4.69, 9.17) is 10.2 Å². The molecule has 0 fully saturated rings. The van der Waals surface area contributed by atoms with Gasteiger partial charge in [-0.2, -0.15) is 0 Å². The van der Waals surface area contributed by atoms with Crippen LogP contribution in [0, 0.1) is 5.92 Å². The summed E-state index contributed by atoms with van der Waals surface area (Å²) in [5, 5.41) is 20.1. The topological polar surface area (TPSA) is 86.6 Å². The normalized spacial score (nSPS) is 12.4. The molecule has 5 nitrogen and oxygen atoms in total. The van der Waals surface area contributed by atoms with Crippen molar-refractivity contribution in [2.45, 2.75) is 71.1 Å². The number of carbonyl (C=O) groups excluding carboxylic acids is 1. The molecule has 0 aromatic carbocycles. The van der Waals surface area contributed by atoms with Gasteiger partial charge in [-0.15, -0.1) is 0 Å². The van der Waals surface area contributed by atoms with Gasteiger partial charge in [0.15, 0.2) is 0 Å². The Labute approximate surface area is 140 Å². The maximum Gasteiger partial charge on any atom is 0.304 e. The third-order valence-corrected chi connectivity index (χ3v) is 3.74. The molecule has 0 aromatic rings. The Morgan fingerprint density at radius 2 is 1.65 bits per heavy atom. The zero-order valence-corrected chi connectivity index (χ0v) is 14.4. The van der Waals surface area contributed by atoms with Gasteiger partial charge in [0.05, 0.1) is 18.9 Å². The Morgan fingerprint density at radius 1 is 1.04 bits per heavy atom. The first-order valence-electron chi connectivity index (χ1n) is 8.88. The van der Waals surface area contributed by atoms with Gasteiger partial charge >= 0.3 is 5.97 Å². The van der Waals surface area contributed by atoms with E-state index in [1.165, 1.54) is 44.9 Å². The van der Waals surface area contributed by atoms with Crippen LogP contribution in [0.25, 0.3) is 0 Å². The van der Waals surface area contributed by atoms with E-state index >= 15 is 0 Å². The van der Waals surface area contributed by atoms with Gasteiger partial charge in [-0.1, -0.05) is 64.0 Å². The molecule has 0 radical (unpaired) electrons. The number of carboxylic acid groups (broad SMARTS) is 1. The lowest BCUT2D eigenvalue weighted by atomic mass is 10.0. The summed E-state index contributed by atoms with van der Waals surface area (Å²) in [5.41, 5.74) is 0. The fraction of sp³-hybridized carbons (Fsp3) is 0.778. The second-order valence-corrected chi connectivity index (χ2v) is 5.91. The molecule has 0 spiro atoms. The van der Waals surface area contributed by atoms with Gasteiger partial charge in [0.25, 0.3) is 0 Å². The van der Waals surface area contributed by atoms with E-state index in [0.29, 0.717) is 0 Å². The SMILES string of the molecule is CCCCCCCCCCC=CC(CC(=O)O)C(=O)NCCO. The fourth-order valence-electron chi connectivity index (χ4n) is 2.40. The number of amides is 1. The third kappa shape index (κ3) is 14.0. The number of nitrogens with one attached hydrogen (secondary N) is 1. The molecule has 1 unspecified atom stereocenters. The Morgan fingerprint density at radius 3 is 2.22 bits per heavy atom. The minimum atomic E-state index is -0.995. The Kier molecular flexibility index (Phi) is 14.6. The number of aliphatic hydroxyl groups excluding tert-OH is 1. The summed E-state index contributed by atoms with van der Waals surface area (Å²) in [6.45, 7) is 2.22. The van der Waals surface area contributed by atoms with Crippen molar-refractivity contribution in [2.24, 2.45) is 5.92 Å². The molecule has 0 aromatic heterocycles. The number of allylic oxidation sites excluding steroid dienone is 1. The van der Waals surface area contributed by atoms with Gasteiger partial charge in [-0.05, 0) is 12.8 Å². The average Bonchev–Trinajstić information content (AvgIpc) is 2.52. The number of aliphatic hydroxyl groups is 1. The van der Waals surface area contributed by atoms with E-state index in [1.807, 2.05) is 6.08 Å². The first-order valence-corrected chi connectivity index (χ1v) is 8.88. The van der Waals surface area contributed by atoms with Crippen molar-refractivity contribution < 1.29 is 19.8 Å². The molecule has 23 heavy (non-hydrogen) atoms. The lowest BCUT2D eigenvalue weighted by Gasteiger charge is -2.10. The lowest BCUT2D eigenvalue weighted by molar-refractivity contribution is -0.140. The molecule has 0 aliphatic heterocycles. The zero-order chi connectivity index (χ0) is 17.3. The highest BCUT2D eigenvalue weighted by Crippen LogP contribution is 2.11. The van der Waals surface area contributed by atoms with Gasteiger partial charge < -0.3 is 15.5 Å². The molecule has 0 bridgehead atoms. The molecular formula is C18H33NO4. The zero-order valence-electron chi connectivity index (χ0n) is 14.4. The first kappa shape index (κ1) is 21.6. The maximum atomic E-state index is 11.8. The summed E-state index contributed by atoms with van der Waals surface area (Å²) in [5.74, 6) is -1.99. The third-order valence-electron chi connectivity index (χ3n) is 3.74. The van der Waals surface area contributed by atoms with Crippen molar-refractivity contribution in [1.29, 1.82) is 0 Å². The van der Waals surface area contributed by atoms with Crippen LogP contribution in [0.3, 0.4) is 0 Å². The van der Waals surface area contributed by atoms with Crippen LogP contribution in [0.1, 0.15) is 71.1 Å². The molecule has 0 aliphatic rings. The minimum absolute atomic E-state index is 0.145. The summed E-state index contributed by atoms with van der Waals surface area (Å²) in [4.78, 5) is 22.6. The predicted octanol–water partition coefficient (Wildman–Crippen LogP) is 3.27. The number of hydrogen-bond donors (Lipinski definition) is 3. The average molecular weight is 327 g/mol. The summed E-state index contributed by atoms with van der Waals surface area (Å²) >= 11 is 0. The van der Waals surface area contributed by atoms with Crippen molar-refractivity contribution in [2.75, 3.05) is 13.2 Å². The van der Waals surface area contributed by atoms with Crippen LogP contribution >= 0.6 is 0 Å². The standard InChI is InChI=1S/C18H33NO4/c1-2-3-4-5-6-7-8-9-10-11-12-16(15-17(21)22)18(23)19-13-14-20/h11-12,16,20H,2-10,13-15H2,1H3,(H,19,23)(H,21,22). The van der Waals surface area contributed by atoms with E-state index < -0.39 is 11.9 Å². The minimum Gasteiger partial charge on any atom is -0.481 e. The summed E-state index contributed by atoms with van der Waals surface area (Å²) < 4.78 is 0. The Hall–Kier alpha value is -1.36. The molecule has 0 rings (SSSR count). The Balaban J connectivity index is 3.87. The molecule has 0 saturated heterocycles. The molecule has 0 heterocycles. The van der Waals surface area contributed by atoms with Crippen LogP contribution in [0.5, 0.6) is 0 Å². The number of rotatable bonds is 15. The Bertz CT molecular complexity index is 342. The van der Waals surface area contributed by atoms with E-state index in [-0.39, 0.29) is 25.5 Å². The van der Waals surface area contributed by atoms with Crippen molar-refractivity contribution in [3.05, 3.63) is 12.2 Å². The highest BCUT2D eigenvalue weighted by molar-refractivity contribution is 5.84. The van der Waals surface area contributed by atoms with Crippen LogP contribution < -0.4 is 5.32 Å². The summed E-state index contributed by atoms with van der Waals surface area (Å²) in [6, 6.07) is 0. The number of hydrogen-bond acceptors (Lipinski definition) is 3. The molecule has 3 N–H and O–H groups in total. The molecule has 5 heteroatoms. The molecule has 134 valence electrons. The highest BCUT2D eigenvalue weighted by atomic mass is 16.4. The number of carbonyl (C=O) groups is 2. The van der Waals surface area contributed by atoms with E-state index in [2.05, 4.69) is 12.2 Å². The largest absolute Gasteiger partial charge is 0.481 e. The second-order valence-electron chi connectivity index (χ2n) is 5.91. The number of aliphatic carboxylic acids is 1. The van der Waals surface area contributed by atoms with Crippen LogP contribution in [-0.4, -0.2) is 35.2 Å². The first-order chi connectivity index (χ1) is 11.1. The van der Waals surface area contributed by atoms with E-state index in [0.717, 1.165) is 12.8 Å². The molecule has 0 saturated carbocycles. The quantitative estimate of drug-likeness (QED) is 0.318. The smallest absolute Gasteiger partial charge is 0.304 e. The number of carboxylic acids is 1. The van der Waals surface area contributed by atoms with Gasteiger partial charge in [0, 0.05) is 6.54 Å². The van der Waals surface area contributed by atoms with Gasteiger partial charge in [0.1, 0.15) is 0 Å². The van der Waals surface area contributed by atoms with Crippen LogP contribution in [0.4, 0.5) is 0 Å². The lowest BCUT2D eigenvalue weighted by Crippen LogP contribution is -2.33. The summed E-state index contributed by atoms with van der Waals surface area (Å²) in [6.07, 6.45) is 14.3. The molecular weight excluding hydrogens is 294 g/mol. The van der Waals surface area contributed by atoms with Gasteiger partial charge in [-0.3, -0.25) is 9.59 Å². The van der Waals surface area contributed by atoms with E-state index in [1.54, 1.807) is 6.08 Å². The van der Waals surface area contributed by atoms with Gasteiger partial charge in [-0.25, -0.2) is 0 Å². The van der Waals surface area contributed by atoms with Crippen LogP contribution in [0.15, 0.2) is 12.2 Å². The fourth-order valence-corrected chi connectivity index (χ4v) is 2.40. The van der Waals surface area contributed by atoms with Gasteiger partial charge in [0.2, 0.25) is 5.91 Å². The molecule has 0 aliphatic carbocycles. The van der Waals surface area contributed by atoms with Crippen molar-refractivity contribution in [1.82, 2.24) is 5.32 Å². The van der Waals surface area contributed by atoms with Crippen molar-refractivity contribution in [3.63, 3.8) is 0 Å². The van der Waals surface area contributed by atoms with Crippen LogP contribution in [0.2, 0.25) is 0 Å². The maximum absolute atomic E-state index is 11.8. The highest BCUT2D eigenvalue weighted by Gasteiger charge is 2.18. The molecule has 1 atom stereocenters. The summed E-state index contributed by atoms with van der Waals surface area (Å²) in [7, 11) is 0. The predicted molar refractivity (Wildman–Crippen MR) is 92.2 cm³/mol. The number of unbranched alkanes of at least 4 members (excludes halogenated alkanes) is 8. The monoisotopic (exact) mass is 327 g/mol. The van der Waals surface area contributed by atoms with Crippen LogP contribution in [-0.2, 0) is 9.59 Å². The van der Waals surface area contributed by atoms with E-state index in [9.17, 15) is 9.59 Å². The van der Waals surface area contributed by atoms with Crippen molar-refractivity contribution in [3.8, 4) is 0 Å². The molecule has 1 amide bonds. The second kappa shape index (κ2) is 15.5. The van der Waals surface area contributed by atoms with Crippen molar-refractivity contribution >= 4 is 11.9 Å².